The molecule has 2 nitrogen and oxygen atoms in total. The molecule has 4 heteroatoms. The summed E-state index contributed by atoms with van der Waals surface area (Å²) >= 11 is 12.4. The van der Waals surface area contributed by atoms with Gasteiger partial charge in [-0.25, -0.2) is 0 Å². The van der Waals surface area contributed by atoms with Gasteiger partial charge in [0.1, 0.15) is 0 Å². The Morgan fingerprint density at radius 2 is 2.15 bits per heavy atom. The Hall–Kier alpha value is -0.280. The van der Waals surface area contributed by atoms with Gasteiger partial charge < -0.3 is 5.32 Å². The van der Waals surface area contributed by atoms with Crippen LogP contribution < -0.4 is 5.32 Å². The van der Waals surface area contributed by atoms with Gasteiger partial charge in [-0.2, -0.15) is 0 Å². The Morgan fingerprint density at radius 1 is 1.35 bits per heavy atom. The lowest BCUT2D eigenvalue weighted by Gasteiger charge is -2.34. The smallest absolute Gasteiger partial charge is 0.0454 e. The lowest BCUT2D eigenvalue weighted by Crippen LogP contribution is -2.44. The largest absolute Gasteiger partial charge is 0.313 e. The Kier molecular flexibility index (Phi) is 6.16. The second-order valence-electron chi connectivity index (χ2n) is 5.58. The maximum absolute atomic E-state index is 6.33. The highest BCUT2D eigenvalue weighted by atomic mass is 35.5. The van der Waals surface area contributed by atoms with Crippen LogP contribution in [0.4, 0.5) is 0 Å². The van der Waals surface area contributed by atoms with Crippen molar-refractivity contribution < 1.29 is 0 Å². The van der Waals surface area contributed by atoms with Crippen LogP contribution in [-0.2, 0) is 0 Å². The van der Waals surface area contributed by atoms with Crippen LogP contribution in [0.3, 0.4) is 0 Å². The maximum atomic E-state index is 6.33. The molecule has 1 saturated heterocycles. The first-order valence-electron chi connectivity index (χ1n) is 7.54. The van der Waals surface area contributed by atoms with Gasteiger partial charge in [0.15, 0.2) is 0 Å². The molecule has 1 heterocycles. The van der Waals surface area contributed by atoms with Crippen LogP contribution in [0.15, 0.2) is 18.2 Å². The molecule has 0 saturated carbocycles. The van der Waals surface area contributed by atoms with Gasteiger partial charge in [0.2, 0.25) is 0 Å². The molecule has 0 aliphatic carbocycles. The van der Waals surface area contributed by atoms with E-state index in [0.29, 0.717) is 6.04 Å². The molecule has 1 N–H and O–H groups in total. The molecular weight excluding hydrogens is 291 g/mol. The van der Waals surface area contributed by atoms with Gasteiger partial charge in [0.25, 0.3) is 0 Å². The molecule has 1 aliphatic rings. The molecule has 1 aromatic carbocycles. The van der Waals surface area contributed by atoms with E-state index in [4.69, 9.17) is 23.2 Å². The minimum Gasteiger partial charge on any atom is -0.313 e. The van der Waals surface area contributed by atoms with E-state index in [1.807, 2.05) is 18.2 Å². The fraction of sp³-hybridized carbons (Fsp3) is 0.625. The summed E-state index contributed by atoms with van der Waals surface area (Å²) in [4.78, 5) is 2.47. The number of nitrogens with one attached hydrogen (secondary N) is 1. The van der Waals surface area contributed by atoms with Crippen LogP contribution in [0.2, 0.25) is 10.0 Å². The van der Waals surface area contributed by atoms with E-state index in [1.165, 1.54) is 19.3 Å². The summed E-state index contributed by atoms with van der Waals surface area (Å²) in [5, 5.41) is 5.17. The zero-order valence-electron chi connectivity index (χ0n) is 12.3. The van der Waals surface area contributed by atoms with Crippen molar-refractivity contribution in [1.29, 1.82) is 0 Å². The molecule has 2 atom stereocenters. The second-order valence-corrected chi connectivity index (χ2v) is 6.42. The topological polar surface area (TPSA) is 15.3 Å². The van der Waals surface area contributed by atoms with Crippen molar-refractivity contribution in [3.05, 3.63) is 33.8 Å². The molecule has 2 rings (SSSR count). The summed E-state index contributed by atoms with van der Waals surface area (Å²) in [6, 6.07) is 6.62. The minimum atomic E-state index is 0.287. The number of piperidine rings is 1. The summed E-state index contributed by atoms with van der Waals surface area (Å²) in [5.74, 6) is 0. The van der Waals surface area contributed by atoms with E-state index in [9.17, 15) is 0 Å². The van der Waals surface area contributed by atoms with Crippen molar-refractivity contribution in [1.82, 2.24) is 10.2 Å². The lowest BCUT2D eigenvalue weighted by atomic mass is 10.0. The highest BCUT2D eigenvalue weighted by molar-refractivity contribution is 6.33. The Labute approximate surface area is 132 Å². The van der Waals surface area contributed by atoms with Crippen molar-refractivity contribution in [2.75, 3.05) is 19.6 Å². The quantitative estimate of drug-likeness (QED) is 0.859. The SMILES string of the molecule is CCN(CC1CCCCN1)C(C)c1cc(Cl)ccc1Cl. The van der Waals surface area contributed by atoms with E-state index in [1.54, 1.807) is 0 Å². The van der Waals surface area contributed by atoms with E-state index in [0.717, 1.165) is 35.2 Å². The number of benzene rings is 1. The summed E-state index contributed by atoms with van der Waals surface area (Å²) in [7, 11) is 0. The number of likely N-dealkylation sites (N-methyl/N-ethyl adjacent to an activating group) is 1. The first kappa shape index (κ1) is 16.1. The predicted molar refractivity (Wildman–Crippen MR) is 87.8 cm³/mol. The normalized spacial score (nSPS) is 21.1. The molecule has 2 unspecified atom stereocenters. The first-order valence-corrected chi connectivity index (χ1v) is 8.29. The first-order chi connectivity index (χ1) is 9.61. The molecule has 0 amide bonds. The number of nitrogens with zero attached hydrogens (tertiary/aromatic N) is 1. The molecule has 0 aromatic heterocycles. The zero-order valence-corrected chi connectivity index (χ0v) is 13.8. The van der Waals surface area contributed by atoms with Crippen LogP contribution in [0.5, 0.6) is 0 Å². The monoisotopic (exact) mass is 314 g/mol. The van der Waals surface area contributed by atoms with Crippen LogP contribution >= 0.6 is 23.2 Å². The molecule has 1 aromatic rings. The molecule has 0 bridgehead atoms. The second kappa shape index (κ2) is 7.65. The molecule has 112 valence electrons. The fourth-order valence-corrected chi connectivity index (χ4v) is 3.41. The van der Waals surface area contributed by atoms with Crippen molar-refractivity contribution >= 4 is 23.2 Å². The van der Waals surface area contributed by atoms with Crippen molar-refractivity contribution in [2.24, 2.45) is 0 Å². The van der Waals surface area contributed by atoms with Crippen LogP contribution in [0.1, 0.15) is 44.7 Å². The fourth-order valence-electron chi connectivity index (χ4n) is 2.96. The number of hydrogen-bond acceptors (Lipinski definition) is 2. The van der Waals surface area contributed by atoms with Crippen LogP contribution in [0.25, 0.3) is 0 Å². The zero-order chi connectivity index (χ0) is 14.5. The van der Waals surface area contributed by atoms with Gasteiger partial charge in [0, 0.05) is 28.7 Å². The molecule has 1 aliphatic heterocycles. The average molecular weight is 315 g/mol. The van der Waals surface area contributed by atoms with Gasteiger partial charge in [-0.1, -0.05) is 36.5 Å². The van der Waals surface area contributed by atoms with E-state index in [-0.39, 0.29) is 6.04 Å². The maximum Gasteiger partial charge on any atom is 0.0454 e. The molecule has 20 heavy (non-hydrogen) atoms. The Bertz CT molecular complexity index is 430. The van der Waals surface area contributed by atoms with E-state index >= 15 is 0 Å². The standard InChI is InChI=1S/C16H24Cl2N2/c1-3-20(11-14-6-4-5-9-19-14)12(2)15-10-13(17)7-8-16(15)18/h7-8,10,12,14,19H,3-6,9,11H2,1-2H3. The van der Waals surface area contributed by atoms with Crippen molar-refractivity contribution in [3.8, 4) is 0 Å². The van der Waals surface area contributed by atoms with E-state index in [2.05, 4.69) is 24.1 Å². The molecule has 1 fully saturated rings. The molecular formula is C16H24Cl2N2. The highest BCUT2D eigenvalue weighted by Gasteiger charge is 2.21. The van der Waals surface area contributed by atoms with Crippen molar-refractivity contribution in [2.45, 2.75) is 45.2 Å². The minimum absolute atomic E-state index is 0.287. The van der Waals surface area contributed by atoms with Gasteiger partial charge in [-0.3, -0.25) is 4.90 Å². The summed E-state index contributed by atoms with van der Waals surface area (Å²) < 4.78 is 0. The summed E-state index contributed by atoms with van der Waals surface area (Å²) in [6.07, 6.45) is 3.91. The van der Waals surface area contributed by atoms with Gasteiger partial charge >= 0.3 is 0 Å². The molecule has 0 spiro atoms. The van der Waals surface area contributed by atoms with Gasteiger partial charge in [-0.05, 0) is 56.6 Å². The van der Waals surface area contributed by atoms with Gasteiger partial charge in [0.05, 0.1) is 0 Å². The summed E-state index contributed by atoms with van der Waals surface area (Å²) in [6.45, 7) is 7.65. The number of hydrogen-bond donors (Lipinski definition) is 1. The van der Waals surface area contributed by atoms with Gasteiger partial charge in [-0.15, -0.1) is 0 Å². The third-order valence-corrected chi connectivity index (χ3v) is 4.81. The lowest BCUT2D eigenvalue weighted by molar-refractivity contribution is 0.184. The third kappa shape index (κ3) is 4.11. The van der Waals surface area contributed by atoms with E-state index < -0.39 is 0 Å². The number of halogens is 2. The Balaban J connectivity index is 2.07. The predicted octanol–water partition coefficient (Wildman–Crippen LogP) is 4.52. The highest BCUT2D eigenvalue weighted by Crippen LogP contribution is 2.30. The Morgan fingerprint density at radius 3 is 2.80 bits per heavy atom. The average Bonchev–Trinajstić information content (AvgIpc) is 2.47. The number of rotatable bonds is 5. The van der Waals surface area contributed by atoms with Crippen LogP contribution in [0, 0.1) is 0 Å². The van der Waals surface area contributed by atoms with Crippen LogP contribution in [-0.4, -0.2) is 30.6 Å². The molecule has 0 radical (unpaired) electrons. The third-order valence-electron chi connectivity index (χ3n) is 4.23. The van der Waals surface area contributed by atoms with Crippen molar-refractivity contribution in [3.63, 3.8) is 0 Å². The summed E-state index contributed by atoms with van der Waals surface area (Å²) in [5.41, 5.74) is 1.12.